The minimum absolute atomic E-state index is 0.0199. The normalized spacial score (nSPS) is 15.4. The van der Waals surface area contributed by atoms with Crippen LogP contribution in [0.25, 0.3) is 0 Å². The molecule has 0 aromatic heterocycles. The van der Waals surface area contributed by atoms with Gasteiger partial charge < -0.3 is 19.7 Å². The van der Waals surface area contributed by atoms with Crippen LogP contribution < -0.4 is 10.1 Å². The fraction of sp³-hybridized carbons (Fsp3) is 0.200. The summed E-state index contributed by atoms with van der Waals surface area (Å²) in [5.41, 5.74) is 2.90. The molecule has 1 saturated heterocycles. The van der Waals surface area contributed by atoms with Crippen molar-refractivity contribution in [1.82, 2.24) is 4.90 Å². The van der Waals surface area contributed by atoms with Gasteiger partial charge in [0.2, 0.25) is 5.91 Å². The maximum absolute atomic E-state index is 13.3. The minimum Gasteiger partial charge on any atom is -0.457 e. The van der Waals surface area contributed by atoms with Crippen LogP contribution in [0.3, 0.4) is 0 Å². The molecule has 0 radical (unpaired) electrons. The second kappa shape index (κ2) is 8.24. The van der Waals surface area contributed by atoms with E-state index in [0.29, 0.717) is 49.1 Å². The van der Waals surface area contributed by atoms with E-state index in [9.17, 15) is 9.59 Å². The Hall–Kier alpha value is -3.64. The summed E-state index contributed by atoms with van der Waals surface area (Å²) in [6, 6.07) is 22.2. The summed E-state index contributed by atoms with van der Waals surface area (Å²) in [5, 5.41) is 3.00. The lowest BCUT2D eigenvalue weighted by molar-refractivity contribution is -0.116. The van der Waals surface area contributed by atoms with Crippen molar-refractivity contribution < 1.29 is 19.1 Å². The Balaban J connectivity index is 1.36. The summed E-state index contributed by atoms with van der Waals surface area (Å²) in [5.74, 6) is 0.736. The number of fused-ring (bicyclic) bond motifs is 2. The van der Waals surface area contributed by atoms with Crippen LogP contribution in [0.5, 0.6) is 11.5 Å². The van der Waals surface area contributed by atoms with Gasteiger partial charge in [-0.05, 0) is 36.4 Å². The Morgan fingerprint density at radius 1 is 0.806 bits per heavy atom. The van der Waals surface area contributed by atoms with Crippen LogP contribution in [-0.2, 0) is 9.53 Å². The van der Waals surface area contributed by atoms with E-state index in [2.05, 4.69) is 5.32 Å². The first-order valence-corrected chi connectivity index (χ1v) is 10.3. The van der Waals surface area contributed by atoms with E-state index in [1.54, 1.807) is 29.2 Å². The van der Waals surface area contributed by atoms with Gasteiger partial charge in [0.25, 0.3) is 5.91 Å². The molecule has 3 aromatic carbocycles. The summed E-state index contributed by atoms with van der Waals surface area (Å²) in [4.78, 5) is 27.7. The number of nitrogens with one attached hydrogen (secondary N) is 1. The molecule has 2 amide bonds. The van der Waals surface area contributed by atoms with E-state index in [1.165, 1.54) is 0 Å². The third kappa shape index (κ3) is 3.78. The van der Waals surface area contributed by atoms with Crippen molar-refractivity contribution in [1.29, 1.82) is 0 Å². The van der Waals surface area contributed by atoms with Gasteiger partial charge >= 0.3 is 0 Å². The Morgan fingerprint density at radius 3 is 2.00 bits per heavy atom. The van der Waals surface area contributed by atoms with Gasteiger partial charge in [-0.15, -0.1) is 0 Å². The monoisotopic (exact) mass is 414 g/mol. The highest BCUT2D eigenvalue weighted by atomic mass is 16.5. The SMILES string of the molecule is O=C(Nc1ccc(C(=O)N2CCOCC2)cc1)C1c2ccccc2Oc2ccccc21. The molecule has 3 aromatic rings. The topological polar surface area (TPSA) is 67.9 Å². The van der Waals surface area contributed by atoms with E-state index < -0.39 is 5.92 Å². The number of carbonyl (C=O) groups is 2. The molecular formula is C25H22N2O4. The number of para-hydroxylation sites is 2. The first-order chi connectivity index (χ1) is 15.2. The molecule has 5 rings (SSSR count). The average molecular weight is 414 g/mol. The maximum atomic E-state index is 13.3. The number of hydrogen-bond donors (Lipinski definition) is 1. The number of rotatable bonds is 3. The van der Waals surface area contributed by atoms with Crippen LogP contribution in [-0.4, -0.2) is 43.0 Å². The number of benzene rings is 3. The van der Waals surface area contributed by atoms with E-state index >= 15 is 0 Å². The molecular weight excluding hydrogens is 392 g/mol. The molecule has 6 nitrogen and oxygen atoms in total. The van der Waals surface area contributed by atoms with E-state index in [-0.39, 0.29) is 11.8 Å². The molecule has 0 saturated carbocycles. The minimum atomic E-state index is -0.476. The highest BCUT2D eigenvalue weighted by molar-refractivity contribution is 6.00. The third-order valence-corrected chi connectivity index (χ3v) is 5.64. The second-order valence-electron chi connectivity index (χ2n) is 7.58. The number of carbonyl (C=O) groups excluding carboxylic acids is 2. The van der Waals surface area contributed by atoms with Gasteiger partial charge in [0.15, 0.2) is 0 Å². The van der Waals surface area contributed by atoms with Crippen LogP contribution in [0.1, 0.15) is 27.4 Å². The largest absolute Gasteiger partial charge is 0.457 e. The number of anilines is 1. The average Bonchev–Trinajstić information content (AvgIpc) is 2.83. The number of nitrogens with zero attached hydrogens (tertiary/aromatic N) is 1. The Bertz CT molecular complexity index is 1070. The van der Waals surface area contributed by atoms with Crippen molar-refractivity contribution in [2.45, 2.75) is 5.92 Å². The molecule has 2 aliphatic heterocycles. The van der Waals surface area contributed by atoms with Crippen molar-refractivity contribution >= 4 is 17.5 Å². The first kappa shape index (κ1) is 19.3. The molecule has 0 unspecified atom stereocenters. The summed E-state index contributed by atoms with van der Waals surface area (Å²) >= 11 is 0. The van der Waals surface area contributed by atoms with E-state index in [1.807, 2.05) is 48.5 Å². The second-order valence-corrected chi connectivity index (χ2v) is 7.58. The van der Waals surface area contributed by atoms with Gasteiger partial charge in [-0.2, -0.15) is 0 Å². The highest BCUT2D eigenvalue weighted by Gasteiger charge is 2.32. The summed E-state index contributed by atoms with van der Waals surface area (Å²) in [7, 11) is 0. The molecule has 6 heteroatoms. The zero-order chi connectivity index (χ0) is 21.2. The van der Waals surface area contributed by atoms with Crippen molar-refractivity contribution in [2.24, 2.45) is 0 Å². The summed E-state index contributed by atoms with van der Waals surface area (Å²) in [6.07, 6.45) is 0. The third-order valence-electron chi connectivity index (χ3n) is 5.64. The van der Waals surface area contributed by atoms with Crippen LogP contribution in [0.2, 0.25) is 0 Å². The van der Waals surface area contributed by atoms with Gasteiger partial charge in [0.05, 0.1) is 19.1 Å². The first-order valence-electron chi connectivity index (χ1n) is 10.3. The lowest BCUT2D eigenvalue weighted by Crippen LogP contribution is -2.40. The van der Waals surface area contributed by atoms with Gasteiger partial charge in [-0.1, -0.05) is 36.4 Å². The standard InChI is InChI=1S/C25H22N2O4/c28-24(23-19-5-1-3-7-21(19)31-22-8-4-2-6-20(22)23)26-18-11-9-17(10-12-18)25(29)27-13-15-30-16-14-27/h1-12,23H,13-16H2,(H,26,28). The van der Waals surface area contributed by atoms with Crippen LogP contribution in [0, 0.1) is 0 Å². The lowest BCUT2D eigenvalue weighted by atomic mass is 9.87. The fourth-order valence-electron chi connectivity index (χ4n) is 4.05. The Kier molecular flexibility index (Phi) is 5.14. The zero-order valence-corrected chi connectivity index (χ0v) is 16.9. The van der Waals surface area contributed by atoms with Crippen LogP contribution in [0.15, 0.2) is 72.8 Å². The molecule has 1 N–H and O–H groups in total. The molecule has 31 heavy (non-hydrogen) atoms. The van der Waals surface area contributed by atoms with E-state index in [4.69, 9.17) is 9.47 Å². The number of hydrogen-bond acceptors (Lipinski definition) is 4. The summed E-state index contributed by atoms with van der Waals surface area (Å²) in [6.45, 7) is 2.32. The smallest absolute Gasteiger partial charge is 0.254 e. The lowest BCUT2D eigenvalue weighted by Gasteiger charge is -2.27. The highest BCUT2D eigenvalue weighted by Crippen LogP contribution is 2.44. The van der Waals surface area contributed by atoms with Gasteiger partial charge in [-0.25, -0.2) is 0 Å². The molecule has 0 spiro atoms. The molecule has 0 atom stereocenters. The number of morpholine rings is 1. The molecule has 2 heterocycles. The molecule has 156 valence electrons. The van der Waals surface area contributed by atoms with Gasteiger partial charge in [-0.3, -0.25) is 9.59 Å². The van der Waals surface area contributed by atoms with Gasteiger partial charge in [0.1, 0.15) is 11.5 Å². The number of ether oxygens (including phenoxy) is 2. The Morgan fingerprint density at radius 2 is 1.39 bits per heavy atom. The quantitative estimate of drug-likeness (QED) is 0.703. The maximum Gasteiger partial charge on any atom is 0.254 e. The molecule has 0 bridgehead atoms. The molecule has 1 fully saturated rings. The van der Waals surface area contributed by atoms with Crippen molar-refractivity contribution in [3.05, 3.63) is 89.5 Å². The predicted molar refractivity (Wildman–Crippen MR) is 117 cm³/mol. The van der Waals surface area contributed by atoms with Crippen molar-refractivity contribution in [3.63, 3.8) is 0 Å². The molecule has 0 aliphatic carbocycles. The predicted octanol–water partition coefficient (Wildman–Crippen LogP) is 4.04. The van der Waals surface area contributed by atoms with Crippen LogP contribution >= 0.6 is 0 Å². The van der Waals surface area contributed by atoms with Crippen molar-refractivity contribution in [2.75, 3.05) is 31.6 Å². The summed E-state index contributed by atoms with van der Waals surface area (Å²) < 4.78 is 11.3. The molecule has 2 aliphatic rings. The van der Waals surface area contributed by atoms with Crippen LogP contribution in [0.4, 0.5) is 5.69 Å². The Labute approximate surface area is 180 Å². The number of amides is 2. The van der Waals surface area contributed by atoms with Gasteiger partial charge in [0, 0.05) is 35.5 Å². The zero-order valence-electron chi connectivity index (χ0n) is 16.9. The van der Waals surface area contributed by atoms with Crippen molar-refractivity contribution in [3.8, 4) is 11.5 Å². The van der Waals surface area contributed by atoms with E-state index in [0.717, 1.165) is 11.1 Å². The fourth-order valence-corrected chi connectivity index (χ4v) is 4.05.